The molecule has 3 aromatic heterocycles. The lowest BCUT2D eigenvalue weighted by molar-refractivity contribution is -0.137. The van der Waals surface area contributed by atoms with Crippen molar-refractivity contribution in [3.63, 3.8) is 0 Å². The molecule has 3 heterocycles. The van der Waals surface area contributed by atoms with E-state index in [0.717, 1.165) is 28.8 Å². The molecule has 0 aliphatic heterocycles. The van der Waals surface area contributed by atoms with E-state index in [1.165, 1.54) is 16.7 Å². The Hall–Kier alpha value is -4.86. The second-order valence-corrected chi connectivity index (χ2v) is 9.05. The van der Waals surface area contributed by atoms with Gasteiger partial charge < -0.3 is 19.6 Å². The summed E-state index contributed by atoms with van der Waals surface area (Å²) < 4.78 is 46.1. The third kappa shape index (κ3) is 5.40. The van der Waals surface area contributed by atoms with E-state index in [-0.39, 0.29) is 11.1 Å². The highest BCUT2D eigenvalue weighted by Crippen LogP contribution is 2.30. The number of hydrogen-bond donors (Lipinski definition) is 2. The number of nitrogens with one attached hydrogen (secondary N) is 2. The van der Waals surface area contributed by atoms with Crippen LogP contribution in [0.15, 0.2) is 88.4 Å². The van der Waals surface area contributed by atoms with Gasteiger partial charge in [0.1, 0.15) is 11.6 Å². The highest BCUT2D eigenvalue weighted by molar-refractivity contribution is 6.04. The Kier molecular flexibility index (Phi) is 6.69. The third-order valence-corrected chi connectivity index (χ3v) is 6.37. The lowest BCUT2D eigenvalue weighted by atomic mass is 9.99. The van der Waals surface area contributed by atoms with Crippen LogP contribution in [-0.4, -0.2) is 15.5 Å². The maximum absolute atomic E-state index is 13.4. The number of fused-ring (bicyclic) bond motifs is 1. The van der Waals surface area contributed by atoms with Crippen LogP contribution in [0.3, 0.4) is 0 Å². The fourth-order valence-corrected chi connectivity index (χ4v) is 4.27. The quantitative estimate of drug-likeness (QED) is 0.265. The first kappa shape index (κ1) is 25.8. The Labute approximate surface area is 220 Å². The summed E-state index contributed by atoms with van der Waals surface area (Å²) >= 11 is 0. The molecular formula is C29H23F3N4O3. The number of alkyl halides is 3. The van der Waals surface area contributed by atoms with Gasteiger partial charge >= 0.3 is 6.18 Å². The van der Waals surface area contributed by atoms with E-state index in [1.807, 2.05) is 13.0 Å². The molecule has 0 bridgehead atoms. The van der Waals surface area contributed by atoms with E-state index < -0.39 is 17.6 Å². The van der Waals surface area contributed by atoms with Crippen LogP contribution in [0.25, 0.3) is 22.0 Å². The molecule has 0 radical (unpaired) electrons. The van der Waals surface area contributed by atoms with E-state index in [2.05, 4.69) is 15.6 Å². The minimum atomic E-state index is -4.56. The second kappa shape index (κ2) is 10.1. The number of aromatic nitrogens is 2. The SMILES string of the molecule is Cc1ccc(NC(=O)c2cccc(C(F)(F)F)c2)cc1-c1cc2cnc(NCc3ccco3)cc2n(C)c1=O. The third-order valence-electron chi connectivity index (χ3n) is 6.37. The molecule has 2 N–H and O–H groups in total. The monoisotopic (exact) mass is 532 g/mol. The Bertz CT molecular complexity index is 1740. The Morgan fingerprint density at radius 3 is 2.59 bits per heavy atom. The summed E-state index contributed by atoms with van der Waals surface area (Å²) in [5, 5.41) is 6.53. The topological polar surface area (TPSA) is 89.2 Å². The number of nitrogens with zero attached hydrogens (tertiary/aromatic N) is 2. The number of furan rings is 1. The number of halogens is 3. The van der Waals surface area contributed by atoms with Crippen molar-refractivity contribution in [1.82, 2.24) is 9.55 Å². The average Bonchev–Trinajstić information content (AvgIpc) is 3.44. The molecule has 5 rings (SSSR count). The van der Waals surface area contributed by atoms with Crippen molar-refractivity contribution in [1.29, 1.82) is 0 Å². The Morgan fingerprint density at radius 2 is 1.85 bits per heavy atom. The number of rotatable bonds is 6. The molecule has 0 fully saturated rings. The van der Waals surface area contributed by atoms with E-state index in [1.54, 1.807) is 55.9 Å². The van der Waals surface area contributed by atoms with Crippen molar-refractivity contribution in [2.45, 2.75) is 19.6 Å². The lowest BCUT2D eigenvalue weighted by Crippen LogP contribution is -2.20. The predicted molar refractivity (Wildman–Crippen MR) is 143 cm³/mol. The number of hydrogen-bond acceptors (Lipinski definition) is 5. The maximum atomic E-state index is 13.4. The van der Waals surface area contributed by atoms with E-state index >= 15 is 0 Å². The molecular weight excluding hydrogens is 509 g/mol. The number of pyridine rings is 2. The summed E-state index contributed by atoms with van der Waals surface area (Å²) in [4.78, 5) is 30.6. The summed E-state index contributed by atoms with van der Waals surface area (Å²) in [7, 11) is 1.67. The summed E-state index contributed by atoms with van der Waals surface area (Å²) in [6.07, 6.45) is -1.31. The van der Waals surface area contributed by atoms with Gasteiger partial charge in [-0.15, -0.1) is 0 Å². The first-order chi connectivity index (χ1) is 18.6. The van der Waals surface area contributed by atoms with Crippen LogP contribution in [0, 0.1) is 6.92 Å². The molecule has 1 amide bonds. The number of benzene rings is 2. The largest absolute Gasteiger partial charge is 0.467 e. The van der Waals surface area contributed by atoms with Gasteiger partial charge in [0.2, 0.25) is 0 Å². The second-order valence-electron chi connectivity index (χ2n) is 9.05. The number of anilines is 2. The number of carbonyl (C=O) groups is 1. The minimum Gasteiger partial charge on any atom is -0.467 e. The van der Waals surface area contributed by atoms with Gasteiger partial charge in [-0.3, -0.25) is 9.59 Å². The average molecular weight is 533 g/mol. The molecule has 0 unspecified atom stereocenters. The molecule has 10 heteroatoms. The van der Waals surface area contributed by atoms with Crippen LogP contribution in [-0.2, 0) is 19.8 Å². The summed E-state index contributed by atoms with van der Waals surface area (Å²) in [5.41, 5.74) is 1.49. The van der Waals surface area contributed by atoms with Crippen molar-refractivity contribution in [3.8, 4) is 11.1 Å². The van der Waals surface area contributed by atoms with E-state index in [4.69, 9.17) is 4.42 Å². The molecule has 7 nitrogen and oxygen atoms in total. The van der Waals surface area contributed by atoms with Gasteiger partial charge in [0.15, 0.2) is 0 Å². The van der Waals surface area contributed by atoms with Gasteiger partial charge in [-0.1, -0.05) is 12.1 Å². The van der Waals surface area contributed by atoms with E-state index in [0.29, 0.717) is 34.7 Å². The van der Waals surface area contributed by atoms with Crippen LogP contribution in [0.4, 0.5) is 24.7 Å². The fourth-order valence-electron chi connectivity index (χ4n) is 4.27. The molecule has 2 aromatic carbocycles. The fraction of sp³-hybridized carbons (Fsp3) is 0.138. The molecule has 39 heavy (non-hydrogen) atoms. The van der Waals surface area contributed by atoms with E-state index in [9.17, 15) is 22.8 Å². The van der Waals surface area contributed by atoms with Crippen LogP contribution in [0.5, 0.6) is 0 Å². The number of carbonyl (C=O) groups excluding carboxylic acids is 1. The zero-order valence-corrected chi connectivity index (χ0v) is 21.0. The molecule has 198 valence electrons. The van der Waals surface area contributed by atoms with Gasteiger partial charge in [0.25, 0.3) is 11.5 Å². The van der Waals surface area contributed by atoms with Crippen molar-refractivity contribution >= 4 is 28.3 Å². The molecule has 0 aliphatic carbocycles. The van der Waals surface area contributed by atoms with Gasteiger partial charge in [-0.05, 0) is 66.6 Å². The number of aryl methyl sites for hydroxylation is 2. The summed E-state index contributed by atoms with van der Waals surface area (Å²) in [5.74, 6) is 0.634. The van der Waals surface area contributed by atoms with Crippen LogP contribution < -0.4 is 16.2 Å². The van der Waals surface area contributed by atoms with Crippen molar-refractivity contribution in [3.05, 3.63) is 112 Å². The zero-order chi connectivity index (χ0) is 27.7. The smallest absolute Gasteiger partial charge is 0.416 e. The van der Waals surface area contributed by atoms with Gasteiger partial charge in [-0.2, -0.15) is 13.2 Å². The number of amides is 1. The Balaban J connectivity index is 1.44. The van der Waals surface area contributed by atoms with Crippen molar-refractivity contribution < 1.29 is 22.4 Å². The molecule has 0 atom stereocenters. The first-order valence-electron chi connectivity index (χ1n) is 12.0. The molecule has 0 saturated heterocycles. The highest BCUT2D eigenvalue weighted by Gasteiger charge is 2.31. The Morgan fingerprint density at radius 1 is 1.03 bits per heavy atom. The normalized spacial score (nSPS) is 11.5. The zero-order valence-electron chi connectivity index (χ0n) is 21.0. The van der Waals surface area contributed by atoms with Gasteiger partial charge in [0.05, 0.1) is 23.9 Å². The van der Waals surface area contributed by atoms with Crippen LogP contribution in [0.1, 0.15) is 27.2 Å². The summed E-state index contributed by atoms with van der Waals surface area (Å²) in [6, 6.07) is 16.4. The van der Waals surface area contributed by atoms with Crippen LogP contribution in [0.2, 0.25) is 0 Å². The van der Waals surface area contributed by atoms with Crippen molar-refractivity contribution in [2.75, 3.05) is 10.6 Å². The molecule has 5 aromatic rings. The highest BCUT2D eigenvalue weighted by atomic mass is 19.4. The van der Waals surface area contributed by atoms with Crippen LogP contribution >= 0.6 is 0 Å². The molecule has 0 spiro atoms. The minimum absolute atomic E-state index is 0.129. The molecule has 0 aliphatic rings. The van der Waals surface area contributed by atoms with Gasteiger partial charge in [-0.25, -0.2) is 4.98 Å². The predicted octanol–water partition coefficient (Wildman–Crippen LogP) is 6.39. The van der Waals surface area contributed by atoms with Crippen molar-refractivity contribution in [2.24, 2.45) is 7.05 Å². The lowest BCUT2D eigenvalue weighted by Gasteiger charge is -2.14. The standard InChI is InChI=1S/C29H23F3N4O3/c1-17-8-9-21(35-27(37)18-5-3-6-20(11-18)29(30,31)32)13-23(17)24-12-19-15-33-26(14-25(19)36(2)28(24)38)34-16-22-7-4-10-39-22/h3-15H,16H2,1-2H3,(H,33,34)(H,35,37). The van der Waals surface area contributed by atoms with Gasteiger partial charge in [0, 0.05) is 41.5 Å². The summed E-state index contributed by atoms with van der Waals surface area (Å²) in [6.45, 7) is 2.27. The first-order valence-corrected chi connectivity index (χ1v) is 12.0. The maximum Gasteiger partial charge on any atom is 0.416 e. The molecule has 0 saturated carbocycles.